The van der Waals surface area contributed by atoms with Crippen LogP contribution < -0.4 is 15.4 Å². The molecule has 0 aliphatic carbocycles. The molecule has 0 radical (unpaired) electrons. The minimum absolute atomic E-state index is 0.000307. The molecule has 2 rings (SSSR count). The number of carbonyl (C=O) groups excluding carboxylic acids is 2. The summed E-state index contributed by atoms with van der Waals surface area (Å²) in [5.74, 6) is -0.477. The molecule has 0 spiro atoms. The Morgan fingerprint density at radius 1 is 1.04 bits per heavy atom. The zero-order valence-corrected chi connectivity index (χ0v) is 16.4. The van der Waals surface area contributed by atoms with Crippen molar-refractivity contribution in [2.75, 3.05) is 67.1 Å². The van der Waals surface area contributed by atoms with Gasteiger partial charge in [-0.1, -0.05) is 12.1 Å². The summed E-state index contributed by atoms with van der Waals surface area (Å²) in [6.07, 6.45) is 0. The third kappa shape index (κ3) is 6.50. The molecule has 27 heavy (non-hydrogen) atoms. The molecule has 8 nitrogen and oxygen atoms in total. The van der Waals surface area contributed by atoms with Gasteiger partial charge in [-0.3, -0.25) is 14.5 Å². The van der Waals surface area contributed by atoms with Crippen molar-refractivity contribution in [2.24, 2.45) is 0 Å². The molecule has 0 saturated carbocycles. The number of benzene rings is 1. The highest BCUT2D eigenvalue weighted by Gasteiger charge is 2.25. The van der Waals surface area contributed by atoms with E-state index >= 15 is 0 Å². The van der Waals surface area contributed by atoms with Crippen molar-refractivity contribution in [3.05, 3.63) is 29.8 Å². The number of methoxy groups -OCH3 is 2. The third-order valence-corrected chi connectivity index (χ3v) is 4.73. The fourth-order valence-electron chi connectivity index (χ4n) is 3.03. The predicted octanol–water partition coefficient (Wildman–Crippen LogP) is -0.137. The second-order valence-electron chi connectivity index (χ2n) is 6.59. The van der Waals surface area contributed by atoms with Crippen molar-refractivity contribution < 1.29 is 19.1 Å². The number of hydrogen-bond donors (Lipinski definition) is 2. The van der Waals surface area contributed by atoms with Gasteiger partial charge in [0.2, 0.25) is 0 Å². The van der Waals surface area contributed by atoms with Crippen LogP contribution in [-0.2, 0) is 14.3 Å². The van der Waals surface area contributed by atoms with Crippen LogP contribution in [0.4, 0.5) is 0 Å². The average molecular weight is 378 g/mol. The lowest BCUT2D eigenvalue weighted by atomic mass is 10.0. The summed E-state index contributed by atoms with van der Waals surface area (Å²) in [6.45, 7) is 4.80. The van der Waals surface area contributed by atoms with E-state index in [9.17, 15) is 9.59 Å². The highest BCUT2D eigenvalue weighted by atomic mass is 16.5. The Kier molecular flexibility index (Phi) is 8.50. The summed E-state index contributed by atoms with van der Waals surface area (Å²) < 4.78 is 10.1. The Morgan fingerprint density at radius 2 is 1.67 bits per heavy atom. The monoisotopic (exact) mass is 378 g/mol. The fourth-order valence-corrected chi connectivity index (χ4v) is 3.03. The zero-order chi connectivity index (χ0) is 19.6. The van der Waals surface area contributed by atoms with Gasteiger partial charge in [-0.25, -0.2) is 0 Å². The minimum atomic E-state index is -0.640. The number of nitrogens with zero attached hydrogens (tertiary/aromatic N) is 2. The van der Waals surface area contributed by atoms with E-state index in [0.29, 0.717) is 19.7 Å². The van der Waals surface area contributed by atoms with E-state index in [1.165, 1.54) is 0 Å². The summed E-state index contributed by atoms with van der Waals surface area (Å²) >= 11 is 0. The van der Waals surface area contributed by atoms with Crippen LogP contribution in [0.25, 0.3) is 0 Å². The minimum Gasteiger partial charge on any atom is -0.497 e. The summed E-state index contributed by atoms with van der Waals surface area (Å²) in [4.78, 5) is 28.6. The van der Waals surface area contributed by atoms with Gasteiger partial charge in [0.15, 0.2) is 0 Å². The molecule has 1 aliphatic rings. The fraction of sp³-hybridized carbons (Fsp3) is 0.579. The molecule has 1 aliphatic heterocycles. The van der Waals surface area contributed by atoms with Crippen molar-refractivity contribution in [3.8, 4) is 5.75 Å². The topological polar surface area (TPSA) is 83.1 Å². The first-order chi connectivity index (χ1) is 13.0. The van der Waals surface area contributed by atoms with Crippen molar-refractivity contribution in [2.45, 2.75) is 6.04 Å². The van der Waals surface area contributed by atoms with Gasteiger partial charge in [-0.05, 0) is 24.7 Å². The first kappa shape index (κ1) is 21.1. The molecule has 8 heteroatoms. The first-order valence-electron chi connectivity index (χ1n) is 9.16. The number of likely N-dealkylation sites (N-methyl/N-ethyl adjacent to an activating group) is 1. The quantitative estimate of drug-likeness (QED) is 0.484. The lowest BCUT2D eigenvalue weighted by molar-refractivity contribution is -0.139. The molecule has 0 unspecified atom stereocenters. The van der Waals surface area contributed by atoms with Gasteiger partial charge >= 0.3 is 11.8 Å². The number of nitrogens with one attached hydrogen (secondary N) is 2. The van der Waals surface area contributed by atoms with Gasteiger partial charge in [0.05, 0.1) is 19.8 Å². The molecule has 0 aromatic heterocycles. The van der Waals surface area contributed by atoms with Crippen LogP contribution in [0.2, 0.25) is 0 Å². The van der Waals surface area contributed by atoms with Crippen LogP contribution >= 0.6 is 0 Å². The molecule has 2 N–H and O–H groups in total. The molecule has 1 atom stereocenters. The molecular weight excluding hydrogens is 348 g/mol. The smallest absolute Gasteiger partial charge is 0.309 e. The summed E-state index contributed by atoms with van der Waals surface area (Å²) in [7, 11) is 5.28. The highest BCUT2D eigenvalue weighted by molar-refractivity contribution is 6.35. The van der Waals surface area contributed by atoms with Crippen LogP contribution in [0, 0.1) is 0 Å². The van der Waals surface area contributed by atoms with Crippen LogP contribution in [0.3, 0.4) is 0 Å². The third-order valence-electron chi connectivity index (χ3n) is 4.73. The van der Waals surface area contributed by atoms with Gasteiger partial charge in [0.1, 0.15) is 5.75 Å². The summed E-state index contributed by atoms with van der Waals surface area (Å²) in [6, 6.07) is 7.84. The number of amides is 2. The van der Waals surface area contributed by atoms with E-state index in [1.807, 2.05) is 24.3 Å². The van der Waals surface area contributed by atoms with E-state index in [0.717, 1.165) is 37.5 Å². The van der Waals surface area contributed by atoms with E-state index in [1.54, 1.807) is 14.2 Å². The van der Waals surface area contributed by atoms with Crippen molar-refractivity contribution in [1.82, 2.24) is 20.4 Å². The number of piperazine rings is 1. The van der Waals surface area contributed by atoms with Gasteiger partial charge in [-0.2, -0.15) is 0 Å². The second-order valence-corrected chi connectivity index (χ2v) is 6.59. The Bertz CT molecular complexity index is 600. The molecule has 1 aromatic rings. The van der Waals surface area contributed by atoms with Gasteiger partial charge in [0, 0.05) is 46.4 Å². The zero-order valence-electron chi connectivity index (χ0n) is 16.4. The maximum Gasteiger partial charge on any atom is 0.309 e. The van der Waals surface area contributed by atoms with Crippen molar-refractivity contribution >= 4 is 11.8 Å². The number of ether oxygens (including phenoxy) is 2. The lowest BCUT2D eigenvalue weighted by Gasteiger charge is -2.38. The summed E-state index contributed by atoms with van der Waals surface area (Å²) in [5.41, 5.74) is 1.08. The van der Waals surface area contributed by atoms with E-state index in [2.05, 4.69) is 27.5 Å². The molecule has 1 saturated heterocycles. The Morgan fingerprint density at radius 3 is 2.26 bits per heavy atom. The Balaban J connectivity index is 2.01. The molecule has 1 fully saturated rings. The van der Waals surface area contributed by atoms with Crippen LogP contribution in [0.15, 0.2) is 24.3 Å². The number of carbonyl (C=O) groups is 2. The maximum absolute atomic E-state index is 12.1. The molecule has 2 amide bonds. The van der Waals surface area contributed by atoms with E-state index in [-0.39, 0.29) is 6.04 Å². The normalized spacial score (nSPS) is 16.6. The lowest BCUT2D eigenvalue weighted by Crippen LogP contribution is -2.49. The Hall–Kier alpha value is -2.16. The van der Waals surface area contributed by atoms with Gasteiger partial charge < -0.3 is 25.0 Å². The van der Waals surface area contributed by atoms with Crippen LogP contribution in [0.1, 0.15) is 11.6 Å². The van der Waals surface area contributed by atoms with Gasteiger partial charge in [-0.15, -0.1) is 0 Å². The number of hydrogen-bond acceptors (Lipinski definition) is 6. The molecule has 0 bridgehead atoms. The Labute approximate surface area is 160 Å². The summed E-state index contributed by atoms with van der Waals surface area (Å²) in [5, 5.41) is 5.30. The molecular formula is C19H30N4O4. The SMILES string of the molecule is COCCNC(=O)C(=O)NC[C@@H](c1ccc(OC)cc1)N1CCN(C)CC1. The average Bonchev–Trinajstić information content (AvgIpc) is 2.69. The molecule has 1 heterocycles. The molecule has 1 aromatic carbocycles. The second kappa shape index (κ2) is 10.9. The predicted molar refractivity (Wildman–Crippen MR) is 103 cm³/mol. The largest absolute Gasteiger partial charge is 0.497 e. The van der Waals surface area contributed by atoms with E-state index in [4.69, 9.17) is 9.47 Å². The van der Waals surface area contributed by atoms with Crippen LogP contribution in [0.5, 0.6) is 5.75 Å². The number of rotatable bonds is 8. The maximum atomic E-state index is 12.1. The molecule has 150 valence electrons. The standard InChI is InChI=1S/C19H30N4O4/c1-22-9-11-23(12-10-22)17(15-4-6-16(27-3)7-5-15)14-21-19(25)18(24)20-8-13-26-2/h4-7,17H,8-14H2,1-3H3,(H,20,24)(H,21,25)/t17-/m0/s1. The van der Waals surface area contributed by atoms with Crippen molar-refractivity contribution in [3.63, 3.8) is 0 Å². The highest BCUT2D eigenvalue weighted by Crippen LogP contribution is 2.23. The van der Waals surface area contributed by atoms with Crippen LogP contribution in [-0.4, -0.2) is 88.8 Å². The first-order valence-corrected chi connectivity index (χ1v) is 9.16. The van der Waals surface area contributed by atoms with Gasteiger partial charge in [0.25, 0.3) is 0 Å². The van der Waals surface area contributed by atoms with E-state index < -0.39 is 11.8 Å². The van der Waals surface area contributed by atoms with Crippen molar-refractivity contribution in [1.29, 1.82) is 0 Å².